The van der Waals surface area contributed by atoms with Gasteiger partial charge in [0.2, 0.25) is 0 Å². The molecule has 0 aliphatic carbocycles. The van der Waals surface area contributed by atoms with Crippen molar-refractivity contribution in [2.75, 3.05) is 19.0 Å². The number of methoxy groups -OCH3 is 1. The Bertz CT molecular complexity index is 319. The smallest absolute Gasteiger partial charge is 0.125 e. The molecule has 1 aromatic carbocycles. The number of rotatable bonds is 5. The van der Waals surface area contributed by atoms with E-state index in [4.69, 9.17) is 4.74 Å². The van der Waals surface area contributed by atoms with Crippen LogP contribution >= 0.6 is 15.9 Å². The van der Waals surface area contributed by atoms with Crippen LogP contribution in [0, 0.1) is 5.82 Å². The minimum Gasteiger partial charge on any atom is -0.385 e. The van der Waals surface area contributed by atoms with E-state index in [9.17, 15) is 4.39 Å². The average molecular weight is 276 g/mol. The highest BCUT2D eigenvalue weighted by molar-refractivity contribution is 9.10. The molecule has 0 aromatic heterocycles. The molecule has 0 fully saturated rings. The average Bonchev–Trinajstić information content (AvgIpc) is 2.20. The summed E-state index contributed by atoms with van der Waals surface area (Å²) in [5.74, 6) is -0.236. The lowest BCUT2D eigenvalue weighted by Crippen LogP contribution is -2.17. The molecule has 0 aliphatic heterocycles. The van der Waals surface area contributed by atoms with Crippen LogP contribution in [0.5, 0.6) is 0 Å². The molecule has 1 atom stereocenters. The fourth-order valence-corrected chi connectivity index (χ4v) is 1.60. The SMILES string of the molecule is COCCC(C)Nc1cc(F)ccc1Br. The molecule has 2 nitrogen and oxygen atoms in total. The number of anilines is 1. The summed E-state index contributed by atoms with van der Waals surface area (Å²) in [5.41, 5.74) is 0.776. The van der Waals surface area contributed by atoms with Crippen LogP contribution in [0.15, 0.2) is 22.7 Å². The van der Waals surface area contributed by atoms with Crippen LogP contribution in [0.25, 0.3) is 0 Å². The van der Waals surface area contributed by atoms with Gasteiger partial charge in [0, 0.05) is 24.2 Å². The van der Waals surface area contributed by atoms with Crippen LogP contribution in [0.2, 0.25) is 0 Å². The van der Waals surface area contributed by atoms with Crippen molar-refractivity contribution in [3.63, 3.8) is 0 Å². The summed E-state index contributed by atoms with van der Waals surface area (Å²) >= 11 is 3.37. The van der Waals surface area contributed by atoms with Gasteiger partial charge < -0.3 is 10.1 Å². The first kappa shape index (κ1) is 12.5. The summed E-state index contributed by atoms with van der Waals surface area (Å²) in [5, 5.41) is 3.22. The molecule has 0 aliphatic rings. The van der Waals surface area contributed by atoms with E-state index in [0.29, 0.717) is 6.61 Å². The van der Waals surface area contributed by atoms with Gasteiger partial charge in [-0.3, -0.25) is 0 Å². The van der Waals surface area contributed by atoms with Gasteiger partial charge in [-0.25, -0.2) is 4.39 Å². The molecule has 0 saturated heterocycles. The zero-order valence-corrected chi connectivity index (χ0v) is 10.5. The molecular weight excluding hydrogens is 261 g/mol. The summed E-state index contributed by atoms with van der Waals surface area (Å²) in [7, 11) is 1.67. The summed E-state index contributed by atoms with van der Waals surface area (Å²) in [4.78, 5) is 0. The standard InChI is InChI=1S/C11H15BrFNO/c1-8(5-6-15-2)14-11-7-9(13)3-4-10(11)12/h3-4,7-8,14H,5-6H2,1-2H3. The van der Waals surface area contributed by atoms with Gasteiger partial charge in [0.05, 0.1) is 5.69 Å². The van der Waals surface area contributed by atoms with E-state index in [-0.39, 0.29) is 11.9 Å². The molecule has 0 spiro atoms. The Morgan fingerprint density at radius 3 is 2.93 bits per heavy atom. The highest BCUT2D eigenvalue weighted by Gasteiger charge is 2.05. The molecule has 0 heterocycles. The van der Waals surface area contributed by atoms with E-state index in [1.165, 1.54) is 12.1 Å². The topological polar surface area (TPSA) is 21.3 Å². The van der Waals surface area contributed by atoms with Crippen LogP contribution in [0.1, 0.15) is 13.3 Å². The van der Waals surface area contributed by atoms with E-state index in [0.717, 1.165) is 16.6 Å². The van der Waals surface area contributed by atoms with Crippen molar-refractivity contribution in [1.82, 2.24) is 0 Å². The van der Waals surface area contributed by atoms with Crippen molar-refractivity contribution in [2.45, 2.75) is 19.4 Å². The Balaban J connectivity index is 2.59. The monoisotopic (exact) mass is 275 g/mol. The summed E-state index contributed by atoms with van der Waals surface area (Å²) in [6.45, 7) is 2.73. The molecule has 1 rings (SSSR count). The van der Waals surface area contributed by atoms with Gasteiger partial charge in [0.25, 0.3) is 0 Å². The highest BCUT2D eigenvalue weighted by Crippen LogP contribution is 2.24. The van der Waals surface area contributed by atoms with Crippen molar-refractivity contribution in [2.24, 2.45) is 0 Å². The lowest BCUT2D eigenvalue weighted by Gasteiger charge is -2.15. The second-order valence-corrected chi connectivity index (χ2v) is 4.31. The predicted octanol–water partition coefficient (Wildman–Crippen LogP) is 3.43. The third-order valence-corrected chi connectivity index (χ3v) is 2.78. The van der Waals surface area contributed by atoms with E-state index >= 15 is 0 Å². The van der Waals surface area contributed by atoms with Crippen LogP contribution in [0.4, 0.5) is 10.1 Å². The normalized spacial score (nSPS) is 12.5. The largest absolute Gasteiger partial charge is 0.385 e. The second-order valence-electron chi connectivity index (χ2n) is 3.45. The molecule has 0 amide bonds. The van der Waals surface area contributed by atoms with E-state index in [2.05, 4.69) is 21.2 Å². The van der Waals surface area contributed by atoms with Crippen molar-refractivity contribution >= 4 is 21.6 Å². The molecule has 1 aromatic rings. The third-order valence-electron chi connectivity index (χ3n) is 2.09. The second kappa shape index (κ2) is 6.08. The van der Waals surface area contributed by atoms with Crippen molar-refractivity contribution < 1.29 is 9.13 Å². The first-order chi connectivity index (χ1) is 7.13. The van der Waals surface area contributed by atoms with Gasteiger partial charge in [0.1, 0.15) is 5.82 Å². The maximum atomic E-state index is 13.0. The molecule has 1 N–H and O–H groups in total. The molecule has 84 valence electrons. The molecule has 15 heavy (non-hydrogen) atoms. The number of benzene rings is 1. The minimum atomic E-state index is -0.236. The van der Waals surface area contributed by atoms with Crippen molar-refractivity contribution in [1.29, 1.82) is 0 Å². The van der Waals surface area contributed by atoms with Gasteiger partial charge in [-0.15, -0.1) is 0 Å². The number of halogens is 2. The van der Waals surface area contributed by atoms with E-state index in [1.807, 2.05) is 6.92 Å². The third kappa shape index (κ3) is 4.18. The minimum absolute atomic E-state index is 0.236. The number of hydrogen-bond acceptors (Lipinski definition) is 2. The van der Waals surface area contributed by atoms with Crippen molar-refractivity contribution in [3.05, 3.63) is 28.5 Å². The van der Waals surface area contributed by atoms with Gasteiger partial charge in [-0.1, -0.05) is 0 Å². The summed E-state index contributed by atoms with van der Waals surface area (Å²) in [6, 6.07) is 4.85. The molecule has 0 saturated carbocycles. The lowest BCUT2D eigenvalue weighted by molar-refractivity contribution is 0.191. The van der Waals surface area contributed by atoms with Crippen LogP contribution in [-0.4, -0.2) is 19.8 Å². The molecule has 0 bridgehead atoms. The molecule has 0 radical (unpaired) electrons. The first-order valence-electron chi connectivity index (χ1n) is 4.84. The van der Waals surface area contributed by atoms with Gasteiger partial charge in [-0.05, 0) is 47.5 Å². The zero-order chi connectivity index (χ0) is 11.3. The van der Waals surface area contributed by atoms with E-state index in [1.54, 1.807) is 13.2 Å². The maximum absolute atomic E-state index is 13.0. The number of hydrogen-bond donors (Lipinski definition) is 1. The van der Waals surface area contributed by atoms with Gasteiger partial charge in [0.15, 0.2) is 0 Å². The maximum Gasteiger partial charge on any atom is 0.125 e. The molecule has 4 heteroatoms. The van der Waals surface area contributed by atoms with Crippen LogP contribution in [-0.2, 0) is 4.74 Å². The molecular formula is C11H15BrFNO. The van der Waals surface area contributed by atoms with E-state index < -0.39 is 0 Å². The fraction of sp³-hybridized carbons (Fsp3) is 0.455. The summed E-state index contributed by atoms with van der Waals surface area (Å²) < 4.78 is 18.8. The van der Waals surface area contributed by atoms with Crippen LogP contribution < -0.4 is 5.32 Å². The number of ether oxygens (including phenoxy) is 1. The zero-order valence-electron chi connectivity index (χ0n) is 8.89. The lowest BCUT2D eigenvalue weighted by atomic mass is 10.2. The number of nitrogens with one attached hydrogen (secondary N) is 1. The highest BCUT2D eigenvalue weighted by atomic mass is 79.9. The Kier molecular flexibility index (Phi) is 5.05. The fourth-order valence-electron chi connectivity index (χ4n) is 1.24. The predicted molar refractivity (Wildman–Crippen MR) is 63.7 cm³/mol. The summed E-state index contributed by atoms with van der Waals surface area (Å²) in [6.07, 6.45) is 0.888. The quantitative estimate of drug-likeness (QED) is 0.889. The van der Waals surface area contributed by atoms with Gasteiger partial charge in [-0.2, -0.15) is 0 Å². The van der Waals surface area contributed by atoms with Crippen LogP contribution in [0.3, 0.4) is 0 Å². The Labute approximate surface area is 98.0 Å². The Morgan fingerprint density at radius 2 is 2.27 bits per heavy atom. The Hall–Kier alpha value is -0.610. The van der Waals surface area contributed by atoms with Gasteiger partial charge >= 0.3 is 0 Å². The first-order valence-corrected chi connectivity index (χ1v) is 5.63. The Morgan fingerprint density at radius 1 is 1.53 bits per heavy atom. The van der Waals surface area contributed by atoms with Crippen molar-refractivity contribution in [3.8, 4) is 0 Å². The molecule has 1 unspecified atom stereocenters.